The number of primary amides is 1. The fourth-order valence-electron chi connectivity index (χ4n) is 2.13. The van der Waals surface area contributed by atoms with Gasteiger partial charge in [-0.3, -0.25) is 9.59 Å². The fourth-order valence-corrected chi connectivity index (χ4v) is 2.13. The molecule has 5 heteroatoms. The molecule has 1 atom stereocenters. The molecule has 2 aromatic carbocycles. The maximum Gasteiger partial charge on any atom is 0.252 e. The molecule has 0 aliphatic carbocycles. The second-order valence-electron chi connectivity index (χ2n) is 5.27. The summed E-state index contributed by atoms with van der Waals surface area (Å²) in [6, 6.07) is 12.7. The van der Waals surface area contributed by atoms with Crippen molar-refractivity contribution < 1.29 is 14.0 Å². The van der Waals surface area contributed by atoms with Gasteiger partial charge in [0, 0.05) is 5.56 Å². The van der Waals surface area contributed by atoms with Crippen molar-refractivity contribution in [3.8, 4) is 0 Å². The van der Waals surface area contributed by atoms with Crippen molar-refractivity contribution in [2.24, 2.45) is 5.73 Å². The molecule has 0 saturated heterocycles. The highest BCUT2D eigenvalue weighted by molar-refractivity contribution is 5.99. The number of benzene rings is 2. The number of hydrogen-bond donors (Lipinski definition) is 2. The molecule has 0 spiro atoms. The SMILES string of the molecule is Cc1cc(C(=O)NC(C)(C(N)=O)c2ccccc2)ccc1F. The summed E-state index contributed by atoms with van der Waals surface area (Å²) in [6.45, 7) is 3.11. The van der Waals surface area contributed by atoms with Crippen LogP contribution in [0.2, 0.25) is 0 Å². The Kier molecular flexibility index (Phi) is 4.26. The highest BCUT2D eigenvalue weighted by Gasteiger charge is 2.35. The third-order valence-electron chi connectivity index (χ3n) is 3.63. The molecule has 2 rings (SSSR count). The predicted octanol–water partition coefficient (Wildman–Crippen LogP) is 2.26. The Labute approximate surface area is 128 Å². The van der Waals surface area contributed by atoms with E-state index in [9.17, 15) is 14.0 Å². The van der Waals surface area contributed by atoms with Crippen LogP contribution in [0.15, 0.2) is 48.5 Å². The van der Waals surface area contributed by atoms with Gasteiger partial charge in [-0.2, -0.15) is 0 Å². The molecule has 0 aromatic heterocycles. The number of nitrogens with two attached hydrogens (primary N) is 1. The number of hydrogen-bond acceptors (Lipinski definition) is 2. The Bertz CT molecular complexity index is 716. The molecular formula is C17H17FN2O2. The van der Waals surface area contributed by atoms with Crippen molar-refractivity contribution in [2.45, 2.75) is 19.4 Å². The van der Waals surface area contributed by atoms with Gasteiger partial charge in [0.25, 0.3) is 5.91 Å². The second kappa shape index (κ2) is 5.97. The maximum atomic E-state index is 13.3. The lowest BCUT2D eigenvalue weighted by molar-refractivity contribution is -0.123. The lowest BCUT2D eigenvalue weighted by Crippen LogP contribution is -2.52. The molecule has 0 fully saturated rings. The molecule has 0 bridgehead atoms. The lowest BCUT2D eigenvalue weighted by atomic mass is 9.90. The van der Waals surface area contributed by atoms with Gasteiger partial charge >= 0.3 is 0 Å². The van der Waals surface area contributed by atoms with Crippen LogP contribution in [0, 0.1) is 12.7 Å². The first kappa shape index (κ1) is 15.7. The second-order valence-corrected chi connectivity index (χ2v) is 5.27. The zero-order valence-corrected chi connectivity index (χ0v) is 12.4. The molecule has 0 heterocycles. The van der Waals surface area contributed by atoms with E-state index in [2.05, 4.69) is 5.32 Å². The molecule has 4 nitrogen and oxygen atoms in total. The summed E-state index contributed by atoms with van der Waals surface area (Å²) in [5.41, 5.74) is 5.32. The third-order valence-corrected chi connectivity index (χ3v) is 3.63. The number of amides is 2. The average molecular weight is 300 g/mol. The van der Waals surface area contributed by atoms with Gasteiger partial charge in [-0.1, -0.05) is 30.3 Å². The normalized spacial score (nSPS) is 13.2. The Morgan fingerprint density at radius 2 is 1.77 bits per heavy atom. The number of nitrogens with one attached hydrogen (secondary N) is 1. The molecule has 0 aliphatic rings. The summed E-state index contributed by atoms with van der Waals surface area (Å²) < 4.78 is 13.3. The van der Waals surface area contributed by atoms with Gasteiger partial charge in [0.15, 0.2) is 0 Å². The van der Waals surface area contributed by atoms with E-state index >= 15 is 0 Å². The smallest absolute Gasteiger partial charge is 0.252 e. The van der Waals surface area contributed by atoms with E-state index in [-0.39, 0.29) is 5.56 Å². The van der Waals surface area contributed by atoms with Crippen LogP contribution >= 0.6 is 0 Å². The molecule has 0 saturated carbocycles. The van der Waals surface area contributed by atoms with Gasteiger partial charge < -0.3 is 11.1 Å². The molecule has 114 valence electrons. The van der Waals surface area contributed by atoms with Gasteiger partial charge in [-0.15, -0.1) is 0 Å². The van der Waals surface area contributed by atoms with Crippen LogP contribution in [0.4, 0.5) is 4.39 Å². The zero-order valence-electron chi connectivity index (χ0n) is 12.4. The zero-order chi connectivity index (χ0) is 16.3. The van der Waals surface area contributed by atoms with Gasteiger partial charge in [-0.05, 0) is 43.2 Å². The summed E-state index contributed by atoms with van der Waals surface area (Å²) in [4.78, 5) is 24.2. The van der Waals surface area contributed by atoms with Crippen LogP contribution in [0.1, 0.15) is 28.4 Å². The first-order valence-electron chi connectivity index (χ1n) is 6.78. The quantitative estimate of drug-likeness (QED) is 0.909. The first-order chi connectivity index (χ1) is 10.3. The average Bonchev–Trinajstić information content (AvgIpc) is 2.50. The van der Waals surface area contributed by atoms with Gasteiger partial charge in [0.1, 0.15) is 11.4 Å². The molecule has 0 radical (unpaired) electrons. The molecule has 2 aromatic rings. The topological polar surface area (TPSA) is 72.2 Å². The van der Waals surface area contributed by atoms with E-state index in [4.69, 9.17) is 5.73 Å². The minimum atomic E-state index is -1.35. The van der Waals surface area contributed by atoms with Crippen LogP contribution in [0.5, 0.6) is 0 Å². The minimum absolute atomic E-state index is 0.266. The Balaban J connectivity index is 2.34. The first-order valence-corrected chi connectivity index (χ1v) is 6.78. The summed E-state index contributed by atoms with van der Waals surface area (Å²) in [5, 5.41) is 2.64. The van der Waals surface area contributed by atoms with Gasteiger partial charge in [-0.25, -0.2) is 4.39 Å². The Morgan fingerprint density at radius 1 is 1.14 bits per heavy atom. The predicted molar refractivity (Wildman–Crippen MR) is 81.6 cm³/mol. The van der Waals surface area contributed by atoms with Crippen LogP contribution in [0.3, 0.4) is 0 Å². The van der Waals surface area contributed by atoms with E-state index < -0.39 is 23.2 Å². The highest BCUT2D eigenvalue weighted by Crippen LogP contribution is 2.21. The number of rotatable bonds is 4. The molecule has 1 unspecified atom stereocenters. The fraction of sp³-hybridized carbons (Fsp3) is 0.176. The van der Waals surface area contributed by atoms with Crippen molar-refractivity contribution in [1.82, 2.24) is 5.32 Å². The van der Waals surface area contributed by atoms with Crippen LogP contribution in [0.25, 0.3) is 0 Å². The largest absolute Gasteiger partial charge is 0.367 e. The number of aryl methyl sites for hydroxylation is 1. The molecule has 22 heavy (non-hydrogen) atoms. The molecular weight excluding hydrogens is 283 g/mol. The van der Waals surface area contributed by atoms with E-state index in [1.165, 1.54) is 18.2 Å². The summed E-state index contributed by atoms with van der Waals surface area (Å²) >= 11 is 0. The van der Waals surface area contributed by atoms with Gasteiger partial charge in [0.2, 0.25) is 5.91 Å². The standard InChI is InChI=1S/C17H17FN2O2/c1-11-10-12(8-9-14(11)18)15(21)20-17(2,16(19)22)13-6-4-3-5-7-13/h3-10H,1-2H3,(H2,19,22)(H,20,21). The van der Waals surface area contributed by atoms with Crippen molar-refractivity contribution in [1.29, 1.82) is 0 Å². The van der Waals surface area contributed by atoms with E-state index in [0.29, 0.717) is 11.1 Å². The van der Waals surface area contributed by atoms with Crippen LogP contribution in [-0.2, 0) is 10.3 Å². The van der Waals surface area contributed by atoms with E-state index in [1.807, 2.05) is 0 Å². The number of carbonyl (C=O) groups is 2. The van der Waals surface area contributed by atoms with Crippen molar-refractivity contribution in [3.05, 3.63) is 71.0 Å². The van der Waals surface area contributed by atoms with Gasteiger partial charge in [0.05, 0.1) is 0 Å². The molecule has 3 N–H and O–H groups in total. The number of carbonyl (C=O) groups excluding carboxylic acids is 2. The minimum Gasteiger partial charge on any atom is -0.367 e. The van der Waals surface area contributed by atoms with Crippen molar-refractivity contribution >= 4 is 11.8 Å². The maximum absolute atomic E-state index is 13.3. The Hall–Kier alpha value is -2.69. The number of halogens is 1. The van der Waals surface area contributed by atoms with Crippen LogP contribution < -0.4 is 11.1 Å². The summed E-state index contributed by atoms with van der Waals surface area (Å²) in [6.07, 6.45) is 0. The Morgan fingerprint density at radius 3 is 2.32 bits per heavy atom. The van der Waals surface area contributed by atoms with Crippen molar-refractivity contribution in [3.63, 3.8) is 0 Å². The lowest BCUT2D eigenvalue weighted by Gasteiger charge is -2.28. The van der Waals surface area contributed by atoms with Crippen molar-refractivity contribution in [2.75, 3.05) is 0 Å². The van der Waals surface area contributed by atoms with Crippen LogP contribution in [-0.4, -0.2) is 11.8 Å². The highest BCUT2D eigenvalue weighted by atomic mass is 19.1. The van der Waals surface area contributed by atoms with E-state index in [0.717, 1.165) is 0 Å². The summed E-state index contributed by atoms with van der Waals surface area (Å²) in [7, 11) is 0. The monoisotopic (exact) mass is 300 g/mol. The molecule has 2 amide bonds. The molecule has 0 aliphatic heterocycles. The third kappa shape index (κ3) is 2.98. The summed E-state index contributed by atoms with van der Waals surface area (Å²) in [5.74, 6) is -1.56. The van der Waals surface area contributed by atoms with E-state index in [1.54, 1.807) is 44.2 Å².